The molecule has 1 aliphatic heterocycles. The molecular formula is C17H22N2O2. The summed E-state index contributed by atoms with van der Waals surface area (Å²) in [5.41, 5.74) is 1.80. The van der Waals surface area contributed by atoms with Crippen molar-refractivity contribution in [2.24, 2.45) is 0 Å². The van der Waals surface area contributed by atoms with Crippen molar-refractivity contribution >= 4 is 17.5 Å². The summed E-state index contributed by atoms with van der Waals surface area (Å²) < 4.78 is 0. The molecule has 1 aromatic rings. The number of carbonyl (C=O) groups is 2. The predicted octanol–water partition coefficient (Wildman–Crippen LogP) is 2.55. The van der Waals surface area contributed by atoms with Gasteiger partial charge in [-0.25, -0.2) is 4.90 Å². The summed E-state index contributed by atoms with van der Waals surface area (Å²) in [5.74, 6) is -0.202. The third kappa shape index (κ3) is 3.00. The average molecular weight is 286 g/mol. The molecule has 0 aromatic heterocycles. The Morgan fingerprint density at radius 1 is 1.05 bits per heavy atom. The van der Waals surface area contributed by atoms with E-state index >= 15 is 0 Å². The van der Waals surface area contributed by atoms with Gasteiger partial charge in [-0.2, -0.15) is 0 Å². The molecule has 1 unspecified atom stereocenters. The number of imide groups is 1. The van der Waals surface area contributed by atoms with Crippen LogP contribution in [0.15, 0.2) is 24.3 Å². The van der Waals surface area contributed by atoms with E-state index in [0.29, 0.717) is 11.7 Å². The second kappa shape index (κ2) is 5.98. The van der Waals surface area contributed by atoms with E-state index in [-0.39, 0.29) is 24.3 Å². The molecule has 21 heavy (non-hydrogen) atoms. The van der Waals surface area contributed by atoms with Crippen molar-refractivity contribution in [2.45, 2.75) is 57.5 Å². The van der Waals surface area contributed by atoms with Gasteiger partial charge in [0.1, 0.15) is 0 Å². The Morgan fingerprint density at radius 3 is 2.38 bits per heavy atom. The van der Waals surface area contributed by atoms with Crippen molar-refractivity contribution in [3.05, 3.63) is 29.8 Å². The number of nitrogens with one attached hydrogen (secondary N) is 1. The van der Waals surface area contributed by atoms with Crippen molar-refractivity contribution < 1.29 is 9.59 Å². The maximum atomic E-state index is 12.5. The van der Waals surface area contributed by atoms with E-state index in [2.05, 4.69) is 5.32 Å². The Bertz CT molecular complexity index is 532. The Balaban J connectivity index is 1.71. The number of amides is 2. The van der Waals surface area contributed by atoms with Crippen LogP contribution in [0.3, 0.4) is 0 Å². The normalized spacial score (nSPS) is 23.9. The molecule has 1 aliphatic carbocycles. The molecule has 1 aromatic carbocycles. The fourth-order valence-electron chi connectivity index (χ4n) is 3.28. The van der Waals surface area contributed by atoms with Crippen LogP contribution in [0.2, 0.25) is 0 Å². The van der Waals surface area contributed by atoms with Gasteiger partial charge in [0.05, 0.1) is 18.2 Å². The summed E-state index contributed by atoms with van der Waals surface area (Å²) >= 11 is 0. The molecule has 3 rings (SSSR count). The van der Waals surface area contributed by atoms with Crippen LogP contribution in [0.1, 0.15) is 44.1 Å². The van der Waals surface area contributed by atoms with Crippen LogP contribution >= 0.6 is 0 Å². The zero-order valence-electron chi connectivity index (χ0n) is 12.5. The number of rotatable bonds is 3. The number of anilines is 1. The molecule has 1 saturated heterocycles. The molecule has 1 heterocycles. The predicted molar refractivity (Wildman–Crippen MR) is 82.1 cm³/mol. The van der Waals surface area contributed by atoms with Crippen molar-refractivity contribution in [1.29, 1.82) is 0 Å². The minimum atomic E-state index is -0.345. The Morgan fingerprint density at radius 2 is 1.71 bits per heavy atom. The molecule has 1 saturated carbocycles. The van der Waals surface area contributed by atoms with Crippen LogP contribution in [0.4, 0.5) is 5.69 Å². The maximum Gasteiger partial charge on any atom is 0.251 e. The van der Waals surface area contributed by atoms with E-state index in [9.17, 15) is 9.59 Å². The number of carbonyl (C=O) groups excluding carboxylic acids is 2. The van der Waals surface area contributed by atoms with E-state index in [1.807, 2.05) is 31.2 Å². The molecule has 1 atom stereocenters. The van der Waals surface area contributed by atoms with E-state index in [1.54, 1.807) is 0 Å². The third-order valence-corrected chi connectivity index (χ3v) is 4.48. The molecular weight excluding hydrogens is 264 g/mol. The first-order valence-corrected chi connectivity index (χ1v) is 7.84. The smallest absolute Gasteiger partial charge is 0.251 e. The lowest BCUT2D eigenvalue weighted by molar-refractivity contribution is -0.121. The van der Waals surface area contributed by atoms with Crippen LogP contribution in [0.25, 0.3) is 0 Å². The van der Waals surface area contributed by atoms with Crippen LogP contribution < -0.4 is 10.2 Å². The molecule has 4 heteroatoms. The fraction of sp³-hybridized carbons (Fsp3) is 0.529. The fourth-order valence-corrected chi connectivity index (χ4v) is 3.28. The van der Waals surface area contributed by atoms with Gasteiger partial charge in [0.2, 0.25) is 5.91 Å². The van der Waals surface area contributed by atoms with Gasteiger partial charge >= 0.3 is 0 Å². The minimum absolute atomic E-state index is 0.0998. The van der Waals surface area contributed by atoms with E-state index < -0.39 is 0 Å². The molecule has 4 nitrogen and oxygen atoms in total. The standard InChI is InChI=1S/C17H22N2O2/c1-12-7-9-14(10-8-12)19-16(20)11-15(17(19)21)18-13-5-3-2-4-6-13/h7-10,13,15,18H,2-6,11H2,1H3. The molecule has 0 spiro atoms. The van der Waals surface area contributed by atoms with Crippen LogP contribution in [0, 0.1) is 6.92 Å². The maximum absolute atomic E-state index is 12.5. The molecule has 2 fully saturated rings. The van der Waals surface area contributed by atoms with Crippen LogP contribution in [-0.2, 0) is 9.59 Å². The number of benzene rings is 1. The first-order valence-electron chi connectivity index (χ1n) is 7.84. The summed E-state index contributed by atoms with van der Waals surface area (Å²) in [6, 6.07) is 7.58. The highest BCUT2D eigenvalue weighted by Crippen LogP contribution is 2.25. The van der Waals surface area contributed by atoms with Crippen molar-refractivity contribution in [3.63, 3.8) is 0 Å². The third-order valence-electron chi connectivity index (χ3n) is 4.48. The van der Waals surface area contributed by atoms with E-state index in [1.165, 1.54) is 24.2 Å². The van der Waals surface area contributed by atoms with Gasteiger partial charge in [0.15, 0.2) is 0 Å². The second-order valence-electron chi connectivity index (χ2n) is 6.16. The number of hydrogen-bond donors (Lipinski definition) is 1. The summed E-state index contributed by atoms with van der Waals surface area (Å²) in [7, 11) is 0. The summed E-state index contributed by atoms with van der Waals surface area (Å²) in [4.78, 5) is 26.0. The van der Waals surface area contributed by atoms with Crippen molar-refractivity contribution in [3.8, 4) is 0 Å². The lowest BCUT2D eigenvalue weighted by Crippen LogP contribution is -2.44. The number of aryl methyl sites for hydroxylation is 1. The van der Waals surface area contributed by atoms with Gasteiger partial charge < -0.3 is 5.32 Å². The Kier molecular flexibility index (Phi) is 4.06. The van der Waals surface area contributed by atoms with E-state index in [0.717, 1.165) is 18.4 Å². The van der Waals surface area contributed by atoms with Crippen molar-refractivity contribution in [2.75, 3.05) is 4.90 Å². The highest BCUT2D eigenvalue weighted by Gasteiger charge is 2.40. The molecule has 2 aliphatic rings. The zero-order valence-corrected chi connectivity index (χ0v) is 12.5. The van der Waals surface area contributed by atoms with Crippen LogP contribution in [0.5, 0.6) is 0 Å². The summed E-state index contributed by atoms with van der Waals surface area (Å²) in [5, 5.41) is 3.40. The van der Waals surface area contributed by atoms with Gasteiger partial charge in [-0.3, -0.25) is 9.59 Å². The summed E-state index contributed by atoms with van der Waals surface area (Å²) in [6.45, 7) is 1.99. The molecule has 1 N–H and O–H groups in total. The van der Waals surface area contributed by atoms with Crippen LogP contribution in [-0.4, -0.2) is 23.9 Å². The highest BCUT2D eigenvalue weighted by atomic mass is 16.2. The minimum Gasteiger partial charge on any atom is -0.303 e. The average Bonchev–Trinajstić information content (AvgIpc) is 2.76. The monoisotopic (exact) mass is 286 g/mol. The quantitative estimate of drug-likeness (QED) is 0.869. The first-order chi connectivity index (χ1) is 10.1. The largest absolute Gasteiger partial charge is 0.303 e. The summed E-state index contributed by atoms with van der Waals surface area (Å²) in [6.07, 6.45) is 6.22. The SMILES string of the molecule is Cc1ccc(N2C(=O)CC(NC3CCCCC3)C2=O)cc1. The first kappa shape index (κ1) is 14.3. The van der Waals surface area contributed by atoms with Gasteiger partial charge in [-0.1, -0.05) is 37.0 Å². The molecule has 2 amide bonds. The molecule has 0 radical (unpaired) electrons. The highest BCUT2D eigenvalue weighted by molar-refractivity contribution is 6.22. The molecule has 0 bridgehead atoms. The number of nitrogens with zero attached hydrogens (tertiary/aromatic N) is 1. The van der Waals surface area contributed by atoms with Gasteiger partial charge in [0, 0.05) is 6.04 Å². The lowest BCUT2D eigenvalue weighted by Gasteiger charge is -2.25. The number of hydrogen-bond acceptors (Lipinski definition) is 3. The topological polar surface area (TPSA) is 49.4 Å². The Hall–Kier alpha value is -1.68. The lowest BCUT2D eigenvalue weighted by atomic mass is 9.95. The van der Waals surface area contributed by atoms with Gasteiger partial charge in [0.25, 0.3) is 5.91 Å². The Labute approximate surface area is 125 Å². The van der Waals surface area contributed by atoms with Gasteiger partial charge in [-0.15, -0.1) is 0 Å². The van der Waals surface area contributed by atoms with Crippen molar-refractivity contribution in [1.82, 2.24) is 5.32 Å². The molecule has 112 valence electrons. The second-order valence-corrected chi connectivity index (χ2v) is 6.16. The van der Waals surface area contributed by atoms with E-state index in [4.69, 9.17) is 0 Å². The zero-order chi connectivity index (χ0) is 14.8. The van der Waals surface area contributed by atoms with Gasteiger partial charge in [-0.05, 0) is 31.9 Å².